The summed E-state index contributed by atoms with van der Waals surface area (Å²) in [6, 6.07) is 7.07. The van der Waals surface area contributed by atoms with E-state index >= 15 is 0 Å². The molecule has 4 rings (SSSR count). The maximum Gasteiger partial charge on any atom is 0.338 e. The molecule has 0 unspecified atom stereocenters. The zero-order chi connectivity index (χ0) is 18.1. The third kappa shape index (κ3) is 3.15. The van der Waals surface area contributed by atoms with Crippen LogP contribution in [0.15, 0.2) is 43.1 Å². The van der Waals surface area contributed by atoms with Crippen LogP contribution in [0.25, 0.3) is 11.2 Å². The highest BCUT2D eigenvalue weighted by Crippen LogP contribution is 2.33. The number of halogens is 1. The Labute approximate surface area is 148 Å². The van der Waals surface area contributed by atoms with Crippen molar-refractivity contribution in [2.45, 2.75) is 31.8 Å². The molecule has 3 heterocycles. The molecule has 8 heteroatoms. The van der Waals surface area contributed by atoms with Gasteiger partial charge in [0.1, 0.15) is 24.6 Å². The highest BCUT2D eigenvalue weighted by molar-refractivity contribution is 5.89. The first-order valence-corrected chi connectivity index (χ1v) is 8.27. The van der Waals surface area contributed by atoms with Crippen molar-refractivity contribution in [3.05, 3.63) is 54.2 Å². The van der Waals surface area contributed by atoms with Gasteiger partial charge in [-0.25, -0.2) is 24.1 Å². The molecule has 1 fully saturated rings. The Morgan fingerprint density at radius 3 is 2.96 bits per heavy atom. The molecule has 26 heavy (non-hydrogen) atoms. The standard InChI is InChI=1S/C18H17FN4O3/c1-11-2-4-12(5-3-11)18(24)25-8-13-6-14(19)17(26-13)23-10-22-15-7-20-9-21-16(15)23/h2-5,7,9-10,13-14,17H,6,8H2,1H3/t13-,14+,17+/m0/s1. The van der Waals surface area contributed by atoms with Crippen LogP contribution >= 0.6 is 0 Å². The number of imidazole rings is 1. The number of ether oxygens (including phenoxy) is 2. The molecule has 1 aliphatic rings. The SMILES string of the molecule is Cc1ccc(C(=O)OC[C@@H]2C[C@@H](F)[C@H](n3cnc4cncnc43)O2)cc1. The molecule has 0 bridgehead atoms. The molecule has 0 spiro atoms. The summed E-state index contributed by atoms with van der Waals surface area (Å²) in [4.78, 5) is 24.2. The Bertz CT molecular complexity index is 928. The van der Waals surface area contributed by atoms with Crippen LogP contribution in [-0.2, 0) is 9.47 Å². The average molecular weight is 356 g/mol. The van der Waals surface area contributed by atoms with E-state index in [4.69, 9.17) is 9.47 Å². The normalized spacial score (nSPS) is 22.6. The lowest BCUT2D eigenvalue weighted by Gasteiger charge is -2.16. The number of carbonyl (C=O) groups is 1. The minimum Gasteiger partial charge on any atom is -0.459 e. The van der Waals surface area contributed by atoms with E-state index in [-0.39, 0.29) is 13.0 Å². The lowest BCUT2D eigenvalue weighted by atomic mass is 10.1. The second kappa shape index (κ2) is 6.80. The molecule has 1 aromatic carbocycles. The topological polar surface area (TPSA) is 79.1 Å². The van der Waals surface area contributed by atoms with Crippen LogP contribution in [-0.4, -0.2) is 44.4 Å². The van der Waals surface area contributed by atoms with Crippen LogP contribution < -0.4 is 0 Å². The molecule has 7 nitrogen and oxygen atoms in total. The van der Waals surface area contributed by atoms with Gasteiger partial charge in [-0.2, -0.15) is 0 Å². The molecule has 134 valence electrons. The Hall–Kier alpha value is -2.87. The van der Waals surface area contributed by atoms with Crippen LogP contribution in [0.1, 0.15) is 28.6 Å². The molecule has 3 aromatic rings. The lowest BCUT2D eigenvalue weighted by molar-refractivity contribution is -0.0420. The largest absolute Gasteiger partial charge is 0.459 e. The van der Waals surface area contributed by atoms with E-state index in [1.165, 1.54) is 12.7 Å². The quantitative estimate of drug-likeness (QED) is 0.669. The second-order valence-corrected chi connectivity index (χ2v) is 6.25. The summed E-state index contributed by atoms with van der Waals surface area (Å²) in [6.07, 6.45) is 1.94. The Balaban J connectivity index is 1.41. The van der Waals surface area contributed by atoms with Crippen LogP contribution in [0.3, 0.4) is 0 Å². The third-order valence-electron chi connectivity index (χ3n) is 4.33. The van der Waals surface area contributed by atoms with E-state index in [2.05, 4.69) is 15.0 Å². The zero-order valence-corrected chi connectivity index (χ0v) is 14.1. The van der Waals surface area contributed by atoms with Gasteiger partial charge in [-0.15, -0.1) is 0 Å². The molecular weight excluding hydrogens is 339 g/mol. The van der Waals surface area contributed by atoms with Gasteiger partial charge in [0.2, 0.25) is 0 Å². The number of alkyl halides is 1. The number of nitrogens with zero attached hydrogens (tertiary/aromatic N) is 4. The van der Waals surface area contributed by atoms with Gasteiger partial charge in [0.05, 0.1) is 24.2 Å². The highest BCUT2D eigenvalue weighted by atomic mass is 19.1. The molecule has 1 saturated heterocycles. The van der Waals surface area contributed by atoms with Crippen molar-refractivity contribution in [2.75, 3.05) is 6.61 Å². The highest BCUT2D eigenvalue weighted by Gasteiger charge is 2.38. The predicted octanol–water partition coefficient (Wildman–Crippen LogP) is 2.62. The van der Waals surface area contributed by atoms with E-state index < -0.39 is 24.5 Å². The fourth-order valence-corrected chi connectivity index (χ4v) is 2.97. The minimum atomic E-state index is -1.24. The number of carbonyl (C=O) groups excluding carboxylic acids is 1. The van der Waals surface area contributed by atoms with Crippen molar-refractivity contribution in [2.24, 2.45) is 0 Å². The number of aryl methyl sites for hydroxylation is 1. The van der Waals surface area contributed by atoms with Crippen molar-refractivity contribution in [1.29, 1.82) is 0 Å². The molecular formula is C18H17FN4O3. The summed E-state index contributed by atoms with van der Waals surface area (Å²) in [7, 11) is 0. The number of aromatic nitrogens is 4. The van der Waals surface area contributed by atoms with Crippen LogP contribution in [0.5, 0.6) is 0 Å². The van der Waals surface area contributed by atoms with Gasteiger partial charge in [-0.3, -0.25) is 4.57 Å². The first-order chi connectivity index (χ1) is 12.6. The molecule has 1 aliphatic heterocycles. The Kier molecular flexibility index (Phi) is 4.34. The molecule has 0 radical (unpaired) electrons. The fraction of sp³-hybridized carbons (Fsp3) is 0.333. The number of rotatable bonds is 4. The van der Waals surface area contributed by atoms with Gasteiger partial charge in [0, 0.05) is 6.42 Å². The Morgan fingerprint density at radius 2 is 2.15 bits per heavy atom. The maximum absolute atomic E-state index is 14.5. The number of fused-ring (bicyclic) bond motifs is 1. The first-order valence-electron chi connectivity index (χ1n) is 8.27. The van der Waals surface area contributed by atoms with Crippen LogP contribution in [0.2, 0.25) is 0 Å². The van der Waals surface area contributed by atoms with Gasteiger partial charge in [-0.05, 0) is 19.1 Å². The molecule has 3 atom stereocenters. The smallest absolute Gasteiger partial charge is 0.338 e. The molecule has 0 aliphatic carbocycles. The third-order valence-corrected chi connectivity index (χ3v) is 4.33. The second-order valence-electron chi connectivity index (χ2n) is 6.25. The summed E-state index contributed by atoms with van der Waals surface area (Å²) < 4.78 is 27.0. The van der Waals surface area contributed by atoms with Crippen molar-refractivity contribution < 1.29 is 18.7 Å². The van der Waals surface area contributed by atoms with Gasteiger partial charge in [-0.1, -0.05) is 17.7 Å². The molecule has 0 N–H and O–H groups in total. The van der Waals surface area contributed by atoms with Crippen molar-refractivity contribution >= 4 is 17.1 Å². The lowest BCUT2D eigenvalue weighted by Crippen LogP contribution is -2.19. The minimum absolute atomic E-state index is 0.00869. The summed E-state index contributed by atoms with van der Waals surface area (Å²) in [5, 5.41) is 0. The van der Waals surface area contributed by atoms with E-state index in [0.29, 0.717) is 16.7 Å². The predicted molar refractivity (Wildman–Crippen MR) is 90.2 cm³/mol. The number of hydrogen-bond acceptors (Lipinski definition) is 6. The monoisotopic (exact) mass is 356 g/mol. The zero-order valence-electron chi connectivity index (χ0n) is 14.1. The number of benzene rings is 1. The van der Waals surface area contributed by atoms with Crippen molar-refractivity contribution in [3.8, 4) is 0 Å². The van der Waals surface area contributed by atoms with Crippen LogP contribution in [0.4, 0.5) is 4.39 Å². The molecule has 0 amide bonds. The fourth-order valence-electron chi connectivity index (χ4n) is 2.97. The molecule has 2 aromatic heterocycles. The maximum atomic E-state index is 14.5. The van der Waals surface area contributed by atoms with Gasteiger partial charge < -0.3 is 9.47 Å². The van der Waals surface area contributed by atoms with Gasteiger partial charge in [0.15, 0.2) is 11.9 Å². The Morgan fingerprint density at radius 1 is 1.35 bits per heavy atom. The molecule has 0 saturated carbocycles. The summed E-state index contributed by atoms with van der Waals surface area (Å²) >= 11 is 0. The van der Waals surface area contributed by atoms with E-state index in [1.807, 2.05) is 19.1 Å². The van der Waals surface area contributed by atoms with E-state index in [9.17, 15) is 9.18 Å². The van der Waals surface area contributed by atoms with Gasteiger partial charge >= 0.3 is 5.97 Å². The number of esters is 1. The number of hydrogen-bond donors (Lipinski definition) is 0. The van der Waals surface area contributed by atoms with Crippen molar-refractivity contribution in [1.82, 2.24) is 19.5 Å². The first kappa shape index (κ1) is 16.6. The summed E-state index contributed by atoms with van der Waals surface area (Å²) in [6.45, 7) is 1.93. The summed E-state index contributed by atoms with van der Waals surface area (Å²) in [5.74, 6) is -0.451. The van der Waals surface area contributed by atoms with Crippen LogP contribution in [0, 0.1) is 6.92 Å². The van der Waals surface area contributed by atoms with Gasteiger partial charge in [0.25, 0.3) is 0 Å². The van der Waals surface area contributed by atoms with E-state index in [0.717, 1.165) is 5.56 Å². The summed E-state index contributed by atoms with van der Waals surface area (Å²) in [5.41, 5.74) is 2.59. The average Bonchev–Trinajstić information content (AvgIpc) is 3.23. The van der Waals surface area contributed by atoms with Crippen molar-refractivity contribution in [3.63, 3.8) is 0 Å². The van der Waals surface area contributed by atoms with E-state index in [1.54, 1.807) is 22.9 Å².